The molecule has 2 aromatic rings. The largest absolute Gasteiger partial charge is 0.384 e. The smallest absolute Gasteiger partial charge is 0.169 e. The summed E-state index contributed by atoms with van der Waals surface area (Å²) in [7, 11) is 4.36. The molecule has 4 nitrogen and oxygen atoms in total. The number of halogens is 1. The molecule has 2 fully saturated rings. The van der Waals surface area contributed by atoms with Gasteiger partial charge in [-0.15, -0.1) is 0 Å². The number of fused-ring (bicyclic) bond motifs is 1. The molecular weight excluding hydrogens is 402 g/mol. The van der Waals surface area contributed by atoms with E-state index in [0.29, 0.717) is 12.0 Å². The minimum atomic E-state index is 0.201. The first-order chi connectivity index (χ1) is 13.0. The molecule has 1 aromatic heterocycles. The number of hydrogen-bond donors (Lipinski definition) is 1. The van der Waals surface area contributed by atoms with Crippen molar-refractivity contribution in [2.24, 2.45) is 11.8 Å². The maximum absolute atomic E-state index is 12.8. The average molecular weight is 430 g/mol. The van der Waals surface area contributed by atoms with E-state index in [1.165, 1.54) is 25.7 Å². The summed E-state index contributed by atoms with van der Waals surface area (Å²) >= 11 is 3.57. The molecular formula is C22H28BrN3O. The molecule has 0 atom stereocenters. The van der Waals surface area contributed by atoms with Crippen molar-refractivity contribution in [3.8, 4) is 0 Å². The highest BCUT2D eigenvalue weighted by Crippen LogP contribution is 2.37. The SMILES string of the molecule is CN(C)C1CCC(CNc2c(C(=O)C3CC3)cnc3ccc(Br)cc23)CC1. The van der Waals surface area contributed by atoms with Gasteiger partial charge in [-0.25, -0.2) is 0 Å². The quantitative estimate of drug-likeness (QED) is 0.646. The Morgan fingerprint density at radius 1 is 1.19 bits per heavy atom. The van der Waals surface area contributed by atoms with Crippen LogP contribution in [0.2, 0.25) is 0 Å². The van der Waals surface area contributed by atoms with Crippen molar-refractivity contribution in [1.29, 1.82) is 0 Å². The molecule has 27 heavy (non-hydrogen) atoms. The van der Waals surface area contributed by atoms with Crippen LogP contribution in [0.1, 0.15) is 48.9 Å². The van der Waals surface area contributed by atoms with Crippen molar-refractivity contribution >= 4 is 38.3 Å². The Labute approximate surface area is 169 Å². The second-order valence-electron chi connectivity index (χ2n) is 8.37. The fraction of sp³-hybridized carbons (Fsp3) is 0.545. The lowest BCUT2D eigenvalue weighted by molar-refractivity contribution is 0.0968. The van der Waals surface area contributed by atoms with Crippen LogP contribution in [-0.2, 0) is 0 Å². The predicted octanol–water partition coefficient (Wildman–Crippen LogP) is 5.12. The molecule has 0 radical (unpaired) electrons. The molecule has 0 spiro atoms. The highest BCUT2D eigenvalue weighted by molar-refractivity contribution is 9.10. The van der Waals surface area contributed by atoms with Gasteiger partial charge < -0.3 is 10.2 Å². The summed E-state index contributed by atoms with van der Waals surface area (Å²) in [5.74, 6) is 1.12. The molecule has 1 N–H and O–H groups in total. The third-order valence-corrected chi connectivity index (χ3v) is 6.65. The molecule has 2 aliphatic carbocycles. The van der Waals surface area contributed by atoms with Gasteiger partial charge in [0.25, 0.3) is 0 Å². The molecule has 144 valence electrons. The summed E-state index contributed by atoms with van der Waals surface area (Å²) in [4.78, 5) is 19.7. The van der Waals surface area contributed by atoms with Crippen LogP contribution in [0, 0.1) is 11.8 Å². The third-order valence-electron chi connectivity index (χ3n) is 6.16. The Kier molecular flexibility index (Phi) is 5.51. The van der Waals surface area contributed by atoms with E-state index in [2.05, 4.69) is 51.3 Å². The standard InChI is InChI=1S/C22H28BrN3O/c1-26(2)17-8-3-14(4-9-17)12-25-21-18-11-16(23)7-10-20(18)24-13-19(21)22(27)15-5-6-15/h7,10-11,13-15,17H,3-6,8-9,12H2,1-2H3,(H,24,25). The van der Waals surface area contributed by atoms with E-state index >= 15 is 0 Å². The van der Waals surface area contributed by atoms with Crippen LogP contribution in [0.3, 0.4) is 0 Å². The number of aromatic nitrogens is 1. The fourth-order valence-electron chi connectivity index (χ4n) is 4.22. The molecule has 5 heteroatoms. The first-order valence-electron chi connectivity index (χ1n) is 10.1. The zero-order valence-electron chi connectivity index (χ0n) is 16.2. The summed E-state index contributed by atoms with van der Waals surface area (Å²) in [5.41, 5.74) is 2.68. The molecule has 0 amide bonds. The Bertz CT molecular complexity index is 839. The first kappa shape index (κ1) is 18.9. The van der Waals surface area contributed by atoms with Crippen LogP contribution in [0.4, 0.5) is 5.69 Å². The minimum Gasteiger partial charge on any atom is -0.384 e. The van der Waals surface area contributed by atoms with Crippen LogP contribution in [-0.4, -0.2) is 42.3 Å². The van der Waals surface area contributed by atoms with Crippen LogP contribution in [0.5, 0.6) is 0 Å². The zero-order valence-corrected chi connectivity index (χ0v) is 17.8. The Morgan fingerprint density at radius 2 is 1.93 bits per heavy atom. The second-order valence-corrected chi connectivity index (χ2v) is 9.28. The number of nitrogens with one attached hydrogen (secondary N) is 1. The number of nitrogens with zero attached hydrogens (tertiary/aromatic N) is 2. The molecule has 0 unspecified atom stereocenters. The number of rotatable bonds is 6. The van der Waals surface area contributed by atoms with Crippen molar-refractivity contribution in [1.82, 2.24) is 9.88 Å². The van der Waals surface area contributed by atoms with Crippen LogP contribution in [0.25, 0.3) is 10.9 Å². The van der Waals surface area contributed by atoms with Crippen LogP contribution >= 0.6 is 15.9 Å². The lowest BCUT2D eigenvalue weighted by Gasteiger charge is -2.33. The van der Waals surface area contributed by atoms with Gasteiger partial charge in [0.2, 0.25) is 0 Å². The van der Waals surface area contributed by atoms with E-state index in [4.69, 9.17) is 0 Å². The monoisotopic (exact) mass is 429 g/mol. The highest BCUT2D eigenvalue weighted by atomic mass is 79.9. The summed E-state index contributed by atoms with van der Waals surface area (Å²) in [6.45, 7) is 0.927. The van der Waals surface area contributed by atoms with Crippen molar-refractivity contribution < 1.29 is 4.79 Å². The van der Waals surface area contributed by atoms with Gasteiger partial charge in [0, 0.05) is 34.6 Å². The maximum Gasteiger partial charge on any atom is 0.169 e. The van der Waals surface area contributed by atoms with Gasteiger partial charge in [0.15, 0.2) is 5.78 Å². The molecule has 4 rings (SSSR count). The van der Waals surface area contributed by atoms with Crippen molar-refractivity contribution in [2.75, 3.05) is 26.0 Å². The fourth-order valence-corrected chi connectivity index (χ4v) is 4.58. The Hall–Kier alpha value is -1.46. The molecule has 1 aromatic carbocycles. The van der Waals surface area contributed by atoms with Gasteiger partial charge in [-0.2, -0.15) is 0 Å². The van der Waals surface area contributed by atoms with Crippen LogP contribution in [0.15, 0.2) is 28.9 Å². The van der Waals surface area contributed by atoms with E-state index in [-0.39, 0.29) is 11.7 Å². The van der Waals surface area contributed by atoms with E-state index in [9.17, 15) is 4.79 Å². The van der Waals surface area contributed by atoms with Crippen molar-refractivity contribution in [3.05, 3.63) is 34.4 Å². The van der Waals surface area contributed by atoms with Gasteiger partial charge in [0.05, 0.1) is 16.8 Å². The summed E-state index contributed by atoms with van der Waals surface area (Å²) < 4.78 is 1.02. The van der Waals surface area contributed by atoms with Gasteiger partial charge in [-0.3, -0.25) is 9.78 Å². The molecule has 1 heterocycles. The lowest BCUT2D eigenvalue weighted by atomic mass is 9.85. The van der Waals surface area contributed by atoms with E-state index in [1.54, 1.807) is 6.20 Å². The normalized spacial score (nSPS) is 23.0. The average Bonchev–Trinajstić information content (AvgIpc) is 3.51. The first-order valence-corrected chi connectivity index (χ1v) is 10.8. The highest BCUT2D eigenvalue weighted by Gasteiger charge is 2.32. The van der Waals surface area contributed by atoms with Crippen molar-refractivity contribution in [3.63, 3.8) is 0 Å². The van der Waals surface area contributed by atoms with Crippen LogP contribution < -0.4 is 5.32 Å². The van der Waals surface area contributed by atoms with Crippen molar-refractivity contribution in [2.45, 2.75) is 44.6 Å². The summed E-state index contributed by atoms with van der Waals surface area (Å²) in [5, 5.41) is 4.71. The summed E-state index contributed by atoms with van der Waals surface area (Å²) in [6, 6.07) is 6.81. The number of carbonyl (C=O) groups excluding carboxylic acids is 1. The van der Waals surface area contributed by atoms with E-state index in [1.807, 2.05) is 12.1 Å². The molecule has 2 saturated carbocycles. The topological polar surface area (TPSA) is 45.2 Å². The molecule has 0 saturated heterocycles. The predicted molar refractivity (Wildman–Crippen MR) is 114 cm³/mol. The molecule has 2 aliphatic rings. The number of Topliss-reactive ketones (excluding diaryl/α,β-unsaturated/α-hetero) is 1. The number of anilines is 1. The van der Waals surface area contributed by atoms with Gasteiger partial charge in [-0.1, -0.05) is 15.9 Å². The van der Waals surface area contributed by atoms with E-state index < -0.39 is 0 Å². The molecule has 0 bridgehead atoms. The summed E-state index contributed by atoms with van der Waals surface area (Å²) in [6.07, 6.45) is 8.82. The Morgan fingerprint density at radius 3 is 2.59 bits per heavy atom. The maximum atomic E-state index is 12.8. The van der Waals surface area contributed by atoms with Gasteiger partial charge in [-0.05, 0) is 76.7 Å². The number of carbonyl (C=O) groups is 1. The number of pyridine rings is 1. The lowest BCUT2D eigenvalue weighted by Crippen LogP contribution is -2.33. The third kappa shape index (κ3) is 4.19. The number of hydrogen-bond acceptors (Lipinski definition) is 4. The van der Waals surface area contributed by atoms with Gasteiger partial charge >= 0.3 is 0 Å². The van der Waals surface area contributed by atoms with Gasteiger partial charge in [0.1, 0.15) is 0 Å². The number of ketones is 1. The van der Waals surface area contributed by atoms with E-state index in [0.717, 1.165) is 46.0 Å². The number of benzene rings is 1. The zero-order chi connectivity index (χ0) is 19.0. The minimum absolute atomic E-state index is 0.201. The Balaban J connectivity index is 1.56. The second kappa shape index (κ2) is 7.88. The molecule has 0 aliphatic heterocycles.